The fourth-order valence-electron chi connectivity index (χ4n) is 1.53. The largest absolute Gasteiger partial charge is 0.495 e. The van der Waals surface area contributed by atoms with Gasteiger partial charge in [0.2, 0.25) is 0 Å². The predicted molar refractivity (Wildman–Crippen MR) is 72.1 cm³/mol. The lowest BCUT2D eigenvalue weighted by Crippen LogP contribution is -1.93. The maximum atomic E-state index is 6.04. The van der Waals surface area contributed by atoms with Gasteiger partial charge in [-0.05, 0) is 36.4 Å². The molecule has 0 aliphatic carbocycles. The normalized spacial score (nSPS) is 10.0. The molecule has 3 N–H and O–H groups in total. The zero-order valence-corrected chi connectivity index (χ0v) is 10.2. The third kappa shape index (κ3) is 2.82. The van der Waals surface area contributed by atoms with Gasteiger partial charge in [-0.3, -0.25) is 0 Å². The van der Waals surface area contributed by atoms with E-state index < -0.39 is 0 Å². The molecule has 0 spiro atoms. The molecule has 0 unspecified atom stereocenters. The first-order valence-corrected chi connectivity index (χ1v) is 5.53. The van der Waals surface area contributed by atoms with Crippen molar-refractivity contribution < 1.29 is 4.74 Å². The van der Waals surface area contributed by atoms with Gasteiger partial charge < -0.3 is 15.8 Å². The highest BCUT2D eigenvalue weighted by molar-refractivity contribution is 6.32. The Bertz CT molecular complexity index is 529. The van der Waals surface area contributed by atoms with Gasteiger partial charge in [0.05, 0.1) is 12.1 Å². The van der Waals surface area contributed by atoms with E-state index >= 15 is 0 Å². The number of halogens is 1. The summed E-state index contributed by atoms with van der Waals surface area (Å²) in [7, 11) is 1.59. The number of methoxy groups -OCH3 is 1. The molecular formula is C13H13ClN2O. The minimum Gasteiger partial charge on any atom is -0.495 e. The third-order valence-electron chi connectivity index (χ3n) is 2.33. The number of rotatable bonds is 3. The first-order valence-electron chi connectivity index (χ1n) is 5.15. The first kappa shape index (κ1) is 11.6. The molecule has 0 amide bonds. The van der Waals surface area contributed by atoms with E-state index in [4.69, 9.17) is 22.1 Å². The number of benzene rings is 2. The molecule has 0 aromatic heterocycles. The molecule has 0 saturated heterocycles. The van der Waals surface area contributed by atoms with Crippen LogP contribution in [0.3, 0.4) is 0 Å². The summed E-state index contributed by atoms with van der Waals surface area (Å²) in [5.74, 6) is 0.657. The summed E-state index contributed by atoms with van der Waals surface area (Å²) >= 11 is 6.04. The van der Waals surface area contributed by atoms with Crippen molar-refractivity contribution in [3.8, 4) is 5.75 Å². The number of hydrogen-bond acceptors (Lipinski definition) is 3. The van der Waals surface area contributed by atoms with Crippen LogP contribution in [0.1, 0.15) is 0 Å². The van der Waals surface area contributed by atoms with Crippen LogP contribution in [-0.2, 0) is 0 Å². The Hall–Kier alpha value is -1.87. The second kappa shape index (κ2) is 4.97. The minimum absolute atomic E-state index is 0.571. The molecule has 0 heterocycles. The van der Waals surface area contributed by atoms with E-state index in [1.807, 2.05) is 42.5 Å². The van der Waals surface area contributed by atoms with E-state index in [0.29, 0.717) is 10.8 Å². The number of nitrogen functional groups attached to an aromatic ring is 1. The Balaban J connectivity index is 2.22. The number of anilines is 3. The summed E-state index contributed by atoms with van der Waals surface area (Å²) in [6.07, 6.45) is 0. The number of hydrogen-bond donors (Lipinski definition) is 2. The van der Waals surface area contributed by atoms with Crippen molar-refractivity contribution in [3.63, 3.8) is 0 Å². The van der Waals surface area contributed by atoms with Crippen molar-refractivity contribution in [3.05, 3.63) is 47.5 Å². The number of nitrogens with two attached hydrogens (primary N) is 1. The maximum Gasteiger partial charge on any atom is 0.137 e. The summed E-state index contributed by atoms with van der Waals surface area (Å²) in [5.41, 5.74) is 8.23. The molecule has 3 nitrogen and oxygen atoms in total. The van der Waals surface area contributed by atoms with E-state index in [9.17, 15) is 0 Å². The Labute approximate surface area is 105 Å². The lowest BCUT2D eigenvalue weighted by molar-refractivity contribution is 0.415. The molecule has 0 bridgehead atoms. The van der Waals surface area contributed by atoms with Gasteiger partial charge >= 0.3 is 0 Å². The van der Waals surface area contributed by atoms with Crippen LogP contribution < -0.4 is 15.8 Å². The highest BCUT2D eigenvalue weighted by atomic mass is 35.5. The molecule has 0 aliphatic heterocycles. The third-order valence-corrected chi connectivity index (χ3v) is 2.62. The Kier molecular flexibility index (Phi) is 3.40. The molecule has 17 heavy (non-hydrogen) atoms. The van der Waals surface area contributed by atoms with Crippen LogP contribution in [0.2, 0.25) is 5.02 Å². The zero-order valence-electron chi connectivity index (χ0n) is 9.41. The van der Waals surface area contributed by atoms with Gasteiger partial charge in [0.15, 0.2) is 0 Å². The van der Waals surface area contributed by atoms with Crippen molar-refractivity contribution in [2.75, 3.05) is 18.2 Å². The van der Waals surface area contributed by atoms with Crippen LogP contribution in [0.25, 0.3) is 0 Å². The zero-order chi connectivity index (χ0) is 12.3. The van der Waals surface area contributed by atoms with Crippen molar-refractivity contribution in [2.24, 2.45) is 0 Å². The molecule has 2 rings (SSSR count). The van der Waals surface area contributed by atoms with E-state index in [2.05, 4.69) is 5.32 Å². The molecule has 4 heteroatoms. The molecule has 0 atom stereocenters. The van der Waals surface area contributed by atoms with Crippen LogP contribution in [0.5, 0.6) is 5.75 Å². The van der Waals surface area contributed by atoms with Crippen LogP contribution in [0.15, 0.2) is 42.5 Å². The van der Waals surface area contributed by atoms with Gasteiger partial charge in [-0.25, -0.2) is 0 Å². The molecule has 0 aliphatic rings. The molecule has 0 fully saturated rings. The van der Waals surface area contributed by atoms with Crippen LogP contribution in [0.4, 0.5) is 17.1 Å². The SMILES string of the molecule is COc1ccc(Nc2cccc(N)c2)cc1Cl. The van der Waals surface area contributed by atoms with Crippen molar-refractivity contribution in [1.29, 1.82) is 0 Å². The average molecular weight is 249 g/mol. The highest BCUT2D eigenvalue weighted by Gasteiger charge is 2.02. The topological polar surface area (TPSA) is 47.3 Å². The Morgan fingerprint density at radius 3 is 2.53 bits per heavy atom. The van der Waals surface area contributed by atoms with Crippen LogP contribution >= 0.6 is 11.6 Å². The standard InChI is InChI=1S/C13H13ClN2O/c1-17-13-6-5-11(8-12(13)14)16-10-4-2-3-9(15)7-10/h2-8,16H,15H2,1H3. The van der Waals surface area contributed by atoms with Gasteiger partial charge in [-0.1, -0.05) is 17.7 Å². The first-order chi connectivity index (χ1) is 8.19. The van der Waals surface area contributed by atoms with Crippen molar-refractivity contribution in [2.45, 2.75) is 0 Å². The molecule has 2 aromatic carbocycles. The van der Waals surface area contributed by atoms with Gasteiger partial charge in [-0.2, -0.15) is 0 Å². The maximum absolute atomic E-state index is 6.04. The molecule has 0 radical (unpaired) electrons. The van der Waals surface area contributed by atoms with E-state index in [-0.39, 0.29) is 0 Å². The van der Waals surface area contributed by atoms with Gasteiger partial charge in [0, 0.05) is 17.1 Å². The minimum atomic E-state index is 0.571. The van der Waals surface area contributed by atoms with Crippen molar-refractivity contribution >= 4 is 28.7 Å². The lowest BCUT2D eigenvalue weighted by Gasteiger charge is -2.09. The Morgan fingerprint density at radius 1 is 1.12 bits per heavy atom. The van der Waals surface area contributed by atoms with Crippen LogP contribution in [-0.4, -0.2) is 7.11 Å². The van der Waals surface area contributed by atoms with Gasteiger partial charge in [0.1, 0.15) is 5.75 Å². The molecular weight excluding hydrogens is 236 g/mol. The fraction of sp³-hybridized carbons (Fsp3) is 0.0769. The molecule has 0 saturated carbocycles. The second-order valence-corrected chi connectivity index (χ2v) is 4.01. The quantitative estimate of drug-likeness (QED) is 0.815. The molecule has 88 valence electrons. The summed E-state index contributed by atoms with van der Waals surface area (Å²) < 4.78 is 5.09. The molecule has 2 aromatic rings. The number of ether oxygens (including phenoxy) is 1. The van der Waals surface area contributed by atoms with E-state index in [0.717, 1.165) is 17.1 Å². The monoisotopic (exact) mass is 248 g/mol. The van der Waals surface area contributed by atoms with Crippen molar-refractivity contribution in [1.82, 2.24) is 0 Å². The van der Waals surface area contributed by atoms with E-state index in [1.165, 1.54) is 0 Å². The predicted octanol–water partition coefficient (Wildman–Crippen LogP) is 3.67. The Morgan fingerprint density at radius 2 is 1.88 bits per heavy atom. The fourth-order valence-corrected chi connectivity index (χ4v) is 1.78. The smallest absolute Gasteiger partial charge is 0.137 e. The van der Waals surface area contributed by atoms with Gasteiger partial charge in [-0.15, -0.1) is 0 Å². The summed E-state index contributed by atoms with van der Waals surface area (Å²) in [6.45, 7) is 0. The highest BCUT2D eigenvalue weighted by Crippen LogP contribution is 2.29. The van der Waals surface area contributed by atoms with E-state index in [1.54, 1.807) is 7.11 Å². The number of nitrogens with one attached hydrogen (secondary N) is 1. The second-order valence-electron chi connectivity index (χ2n) is 3.60. The van der Waals surface area contributed by atoms with Crippen LogP contribution in [0, 0.1) is 0 Å². The summed E-state index contributed by atoms with van der Waals surface area (Å²) in [6, 6.07) is 13.1. The summed E-state index contributed by atoms with van der Waals surface area (Å²) in [4.78, 5) is 0. The average Bonchev–Trinajstić information content (AvgIpc) is 2.29. The summed E-state index contributed by atoms with van der Waals surface area (Å²) in [5, 5.41) is 3.79. The lowest BCUT2D eigenvalue weighted by atomic mass is 10.2. The van der Waals surface area contributed by atoms with Gasteiger partial charge in [0.25, 0.3) is 0 Å².